The van der Waals surface area contributed by atoms with Gasteiger partial charge in [0.25, 0.3) is 0 Å². The number of nitrogens with zero attached hydrogens (tertiary/aromatic N) is 2. The van der Waals surface area contributed by atoms with Crippen molar-refractivity contribution in [3.63, 3.8) is 0 Å². The summed E-state index contributed by atoms with van der Waals surface area (Å²) in [5.41, 5.74) is 23.0. The second-order valence-electron chi connectivity index (χ2n) is 10.2. The number of amides is 2. The summed E-state index contributed by atoms with van der Waals surface area (Å²) in [5.74, 6) is -0.629. The van der Waals surface area contributed by atoms with Gasteiger partial charge in [0.05, 0.1) is 26.9 Å². The number of aliphatic hydroxyl groups excluding tert-OH is 1. The number of aliphatic hydroxyl groups is 1. The summed E-state index contributed by atoms with van der Waals surface area (Å²) < 4.78 is 17.2. The Morgan fingerprint density at radius 1 is 1.00 bits per heavy atom. The minimum atomic E-state index is -0.805. The number of phenols is 1. The monoisotopic (exact) mass is 626 g/mol. The molecule has 1 aliphatic heterocycles. The highest BCUT2D eigenvalue weighted by atomic mass is 16.5. The maximum absolute atomic E-state index is 13.7. The van der Waals surface area contributed by atoms with Gasteiger partial charge in [-0.2, -0.15) is 0 Å². The number of fused-ring (bicyclic) bond motifs is 1. The predicted octanol–water partition coefficient (Wildman–Crippen LogP) is -0.0497. The Hall–Kier alpha value is -5.18. The third kappa shape index (κ3) is 9.92. The molecule has 0 saturated carbocycles. The lowest BCUT2D eigenvalue weighted by atomic mass is 9.89. The van der Waals surface area contributed by atoms with Gasteiger partial charge < -0.3 is 58.0 Å². The van der Waals surface area contributed by atoms with E-state index in [4.69, 9.17) is 37.1 Å². The number of ether oxygens (including phenoxy) is 3. The van der Waals surface area contributed by atoms with E-state index in [1.54, 1.807) is 30.3 Å². The lowest BCUT2D eigenvalue weighted by Gasteiger charge is -2.20. The highest BCUT2D eigenvalue weighted by Crippen LogP contribution is 2.51. The molecular formula is C30H42N8O7. The quantitative estimate of drug-likeness (QED) is 0.0530. The fraction of sp³-hybridized carbons (Fsp3) is 0.400. The van der Waals surface area contributed by atoms with Gasteiger partial charge in [0.1, 0.15) is 12.0 Å². The molecule has 15 nitrogen and oxygen atoms in total. The van der Waals surface area contributed by atoms with E-state index in [0.717, 1.165) is 0 Å². The Morgan fingerprint density at radius 3 is 2.42 bits per heavy atom. The molecule has 1 aliphatic rings. The van der Waals surface area contributed by atoms with Gasteiger partial charge >= 0.3 is 0 Å². The van der Waals surface area contributed by atoms with Crippen LogP contribution in [0, 0.1) is 0 Å². The number of nitrogens with two attached hydrogens (primary N) is 4. The molecule has 0 aliphatic carbocycles. The Kier molecular flexibility index (Phi) is 12.7. The smallest absolute Gasteiger partial charge is 0.244 e. The van der Waals surface area contributed by atoms with Crippen molar-refractivity contribution in [1.29, 1.82) is 0 Å². The Labute approximate surface area is 261 Å². The van der Waals surface area contributed by atoms with Crippen molar-refractivity contribution < 1.29 is 34.0 Å². The minimum absolute atomic E-state index is 0.0144. The van der Waals surface area contributed by atoms with Crippen LogP contribution in [0.5, 0.6) is 23.0 Å². The number of guanidine groups is 2. The van der Waals surface area contributed by atoms with Crippen LogP contribution >= 0.6 is 0 Å². The second kappa shape index (κ2) is 16.6. The van der Waals surface area contributed by atoms with Gasteiger partial charge in [-0.15, -0.1) is 0 Å². The summed E-state index contributed by atoms with van der Waals surface area (Å²) in [4.78, 5) is 33.8. The average molecular weight is 627 g/mol. The number of hydrogen-bond donors (Lipinski definition) is 8. The highest BCUT2D eigenvalue weighted by molar-refractivity contribution is 5.92. The van der Waals surface area contributed by atoms with Crippen LogP contribution in [-0.2, 0) is 9.59 Å². The summed E-state index contributed by atoms with van der Waals surface area (Å²) in [6.45, 7) is 1.07. The van der Waals surface area contributed by atoms with Crippen LogP contribution < -0.4 is 47.8 Å². The highest BCUT2D eigenvalue weighted by Gasteiger charge is 2.42. The molecule has 1 heterocycles. The van der Waals surface area contributed by atoms with Crippen molar-refractivity contribution >= 4 is 29.8 Å². The third-order valence-corrected chi connectivity index (χ3v) is 6.89. The zero-order valence-corrected chi connectivity index (χ0v) is 25.4. The van der Waals surface area contributed by atoms with E-state index < -0.39 is 18.1 Å². The first-order chi connectivity index (χ1) is 21.5. The van der Waals surface area contributed by atoms with Gasteiger partial charge in [-0.3, -0.25) is 19.6 Å². The van der Waals surface area contributed by atoms with E-state index in [-0.39, 0.29) is 54.7 Å². The number of unbranched alkanes of at least 4 members (excludes halogenated alkanes) is 1. The van der Waals surface area contributed by atoms with Crippen molar-refractivity contribution in [1.82, 2.24) is 10.6 Å². The van der Waals surface area contributed by atoms with Gasteiger partial charge in [-0.25, -0.2) is 0 Å². The molecule has 2 aromatic carbocycles. The first-order valence-electron chi connectivity index (χ1n) is 14.3. The molecule has 0 radical (unpaired) electrons. The molecule has 3 unspecified atom stereocenters. The van der Waals surface area contributed by atoms with Crippen LogP contribution in [0.1, 0.15) is 48.0 Å². The van der Waals surface area contributed by atoms with Crippen molar-refractivity contribution in [2.24, 2.45) is 32.9 Å². The topological polar surface area (TPSA) is 255 Å². The van der Waals surface area contributed by atoms with Gasteiger partial charge in [0.15, 0.2) is 34.9 Å². The summed E-state index contributed by atoms with van der Waals surface area (Å²) in [7, 11) is 2.91. The average Bonchev–Trinajstić information content (AvgIpc) is 3.40. The summed E-state index contributed by atoms with van der Waals surface area (Å²) in [6, 6.07) is 8.22. The van der Waals surface area contributed by atoms with Gasteiger partial charge in [-0.1, -0.05) is 6.07 Å². The SMILES string of the molecule is COc1cc(C2Oc3c(OC)cc(/C=C/C(=O)NCCC(O)CN=C(N)N)cc3C2C(=O)NCCCCN=C(N)N)ccc1O. The number of benzene rings is 2. The number of hydrogen-bond acceptors (Lipinski definition) is 9. The molecule has 3 atom stereocenters. The number of phenolic OH excluding ortho intramolecular Hbond substituents is 1. The first-order valence-corrected chi connectivity index (χ1v) is 14.3. The third-order valence-electron chi connectivity index (χ3n) is 6.89. The number of nitrogens with one attached hydrogen (secondary N) is 2. The molecule has 0 spiro atoms. The maximum atomic E-state index is 13.7. The van der Waals surface area contributed by atoms with E-state index in [9.17, 15) is 19.8 Å². The van der Waals surface area contributed by atoms with Gasteiger partial charge in [-0.05, 0) is 60.7 Å². The predicted molar refractivity (Wildman–Crippen MR) is 170 cm³/mol. The molecule has 0 saturated heterocycles. The fourth-order valence-corrected chi connectivity index (χ4v) is 4.68. The van der Waals surface area contributed by atoms with Crippen molar-refractivity contribution in [3.05, 3.63) is 53.1 Å². The summed E-state index contributed by atoms with van der Waals surface area (Å²) in [6.07, 6.45) is 2.94. The second-order valence-corrected chi connectivity index (χ2v) is 10.2. The summed E-state index contributed by atoms with van der Waals surface area (Å²) in [5, 5.41) is 25.7. The molecule has 45 heavy (non-hydrogen) atoms. The number of methoxy groups -OCH3 is 2. The number of aliphatic imine (C=N–C) groups is 2. The standard InChI is InChI=1S/C30H42N8O7/c1-43-22-15-18(6-7-21(22)40)26-25(28(42)36-10-3-4-11-37-29(31)32)20-13-17(14-23(44-2)27(20)45-26)5-8-24(41)35-12-9-19(39)16-38-30(33)34/h5-8,13-15,19,25-26,39-40H,3-4,9-12,16H2,1-2H3,(H,35,41)(H,36,42)(H4,31,32,37)(H4,33,34,38)/b8-5+. The molecule has 0 bridgehead atoms. The zero-order chi connectivity index (χ0) is 32.9. The molecular weight excluding hydrogens is 584 g/mol. The van der Waals surface area contributed by atoms with Crippen LogP contribution in [0.2, 0.25) is 0 Å². The molecule has 3 rings (SSSR count). The minimum Gasteiger partial charge on any atom is -0.504 e. The Bertz CT molecular complexity index is 1420. The van der Waals surface area contributed by atoms with Crippen LogP contribution in [0.4, 0.5) is 0 Å². The Morgan fingerprint density at radius 2 is 1.73 bits per heavy atom. The number of aromatic hydroxyl groups is 1. The Balaban J connectivity index is 1.82. The van der Waals surface area contributed by atoms with Crippen LogP contribution in [0.25, 0.3) is 6.08 Å². The van der Waals surface area contributed by atoms with E-state index in [1.807, 2.05) is 0 Å². The van der Waals surface area contributed by atoms with E-state index >= 15 is 0 Å². The lowest BCUT2D eigenvalue weighted by Crippen LogP contribution is -2.32. The van der Waals surface area contributed by atoms with Crippen LogP contribution in [0.3, 0.4) is 0 Å². The number of carbonyl (C=O) groups is 2. The van der Waals surface area contributed by atoms with E-state index in [1.165, 1.54) is 26.4 Å². The fourth-order valence-electron chi connectivity index (χ4n) is 4.68. The maximum Gasteiger partial charge on any atom is 0.244 e. The number of rotatable bonds is 16. The lowest BCUT2D eigenvalue weighted by molar-refractivity contribution is -0.124. The summed E-state index contributed by atoms with van der Waals surface area (Å²) >= 11 is 0. The molecule has 2 amide bonds. The molecule has 12 N–H and O–H groups in total. The van der Waals surface area contributed by atoms with Gasteiger partial charge in [0, 0.05) is 31.3 Å². The molecule has 244 valence electrons. The molecule has 0 fully saturated rings. The zero-order valence-electron chi connectivity index (χ0n) is 25.4. The van der Waals surface area contributed by atoms with Crippen LogP contribution in [0.15, 0.2) is 46.4 Å². The largest absolute Gasteiger partial charge is 0.504 e. The van der Waals surface area contributed by atoms with E-state index in [0.29, 0.717) is 54.1 Å². The normalized spacial score (nSPS) is 15.8. The van der Waals surface area contributed by atoms with Crippen molar-refractivity contribution in [2.45, 2.75) is 37.4 Å². The van der Waals surface area contributed by atoms with Crippen molar-refractivity contribution in [2.75, 3.05) is 40.4 Å². The molecule has 0 aromatic heterocycles. The molecule has 2 aromatic rings. The molecule has 15 heteroatoms. The number of carbonyl (C=O) groups excluding carboxylic acids is 2. The van der Waals surface area contributed by atoms with Gasteiger partial charge in [0.2, 0.25) is 11.8 Å². The van der Waals surface area contributed by atoms with Crippen molar-refractivity contribution in [3.8, 4) is 23.0 Å². The first kappa shape index (κ1) is 34.3. The van der Waals surface area contributed by atoms with Crippen LogP contribution in [-0.4, -0.2) is 80.4 Å². The van der Waals surface area contributed by atoms with E-state index in [2.05, 4.69) is 20.6 Å².